The first-order valence-electron chi connectivity index (χ1n) is 13.8. The van der Waals surface area contributed by atoms with Gasteiger partial charge in [0.15, 0.2) is 5.78 Å². The van der Waals surface area contributed by atoms with Crippen LogP contribution in [0.1, 0.15) is 47.3 Å². The summed E-state index contributed by atoms with van der Waals surface area (Å²) in [7, 11) is 0. The summed E-state index contributed by atoms with van der Waals surface area (Å²) in [6, 6.07) is 16.5. The van der Waals surface area contributed by atoms with E-state index < -0.39 is 0 Å². The molecule has 10 heteroatoms. The molecule has 3 heterocycles. The lowest BCUT2D eigenvalue weighted by Crippen LogP contribution is -2.45. The number of carbonyl (C=O) groups excluding carboxylic acids is 3. The highest BCUT2D eigenvalue weighted by atomic mass is 32.1. The van der Waals surface area contributed by atoms with Crippen molar-refractivity contribution >= 4 is 56.3 Å². The van der Waals surface area contributed by atoms with Crippen LogP contribution >= 0.6 is 11.3 Å². The van der Waals surface area contributed by atoms with Crippen molar-refractivity contribution in [2.75, 3.05) is 16.8 Å². The van der Waals surface area contributed by atoms with E-state index in [1.165, 1.54) is 11.3 Å². The average Bonchev–Trinajstić information content (AvgIpc) is 3.35. The average molecular weight is 570 g/mol. The number of rotatable bonds is 8. The van der Waals surface area contributed by atoms with Crippen LogP contribution in [0.15, 0.2) is 60.8 Å². The number of nitrogens with one attached hydrogen (secondary N) is 2. The number of hydrogen-bond donors (Lipinski definition) is 3. The van der Waals surface area contributed by atoms with E-state index in [2.05, 4.69) is 15.6 Å². The zero-order chi connectivity index (χ0) is 28.5. The van der Waals surface area contributed by atoms with Crippen molar-refractivity contribution in [1.29, 1.82) is 0 Å². The number of urea groups is 1. The number of para-hydroxylation sites is 1. The smallest absolute Gasteiger partial charge is 0.331 e. The van der Waals surface area contributed by atoms with Gasteiger partial charge in [-0.15, -0.1) is 11.3 Å². The molecule has 1 aliphatic heterocycles. The fraction of sp³-hybridized carbons (Fsp3) is 0.290. The minimum atomic E-state index is -0.344. The van der Waals surface area contributed by atoms with Crippen LogP contribution < -0.4 is 26.0 Å². The molecule has 0 unspecified atom stereocenters. The van der Waals surface area contributed by atoms with Gasteiger partial charge in [0.05, 0.1) is 33.9 Å². The number of anilines is 3. The third kappa shape index (κ3) is 5.28. The van der Waals surface area contributed by atoms with Crippen LogP contribution in [0.25, 0.3) is 10.2 Å². The quantitative estimate of drug-likeness (QED) is 0.214. The molecule has 1 saturated carbocycles. The number of nitrogens with two attached hydrogens (primary N) is 1. The van der Waals surface area contributed by atoms with Crippen LogP contribution in [-0.4, -0.2) is 35.3 Å². The highest BCUT2D eigenvalue weighted by Crippen LogP contribution is 2.47. The molecule has 210 valence electrons. The number of aryl methyl sites for hydroxylation is 1. The number of nitrogens with zero attached hydrogens (tertiary/aromatic N) is 2. The van der Waals surface area contributed by atoms with Crippen LogP contribution in [0, 0.1) is 12.8 Å². The second-order valence-electron chi connectivity index (χ2n) is 10.5. The molecule has 0 bridgehead atoms. The Morgan fingerprint density at radius 1 is 1.10 bits per heavy atom. The van der Waals surface area contributed by atoms with Crippen LogP contribution in [0.5, 0.6) is 11.5 Å². The van der Waals surface area contributed by atoms with E-state index in [1.807, 2.05) is 55.5 Å². The van der Waals surface area contributed by atoms with Crippen molar-refractivity contribution in [3.63, 3.8) is 0 Å². The topological polar surface area (TPSA) is 127 Å². The number of amides is 3. The summed E-state index contributed by atoms with van der Waals surface area (Å²) < 4.78 is 5.98. The van der Waals surface area contributed by atoms with Crippen molar-refractivity contribution in [2.45, 2.75) is 45.1 Å². The monoisotopic (exact) mass is 569 g/mol. The van der Waals surface area contributed by atoms with Crippen LogP contribution in [-0.2, 0) is 4.79 Å². The molecule has 3 amide bonds. The molecule has 41 heavy (non-hydrogen) atoms. The van der Waals surface area contributed by atoms with E-state index in [0.717, 1.165) is 42.4 Å². The van der Waals surface area contributed by atoms with E-state index in [-0.39, 0.29) is 42.6 Å². The molecule has 2 aromatic heterocycles. The summed E-state index contributed by atoms with van der Waals surface area (Å²) in [5.74, 6) is 1.16. The molecular weight excluding hydrogens is 538 g/mol. The molecule has 1 fully saturated rings. The number of aromatic nitrogens is 1. The Balaban J connectivity index is 1.30. The Kier molecular flexibility index (Phi) is 7.42. The molecule has 4 aromatic rings. The van der Waals surface area contributed by atoms with Gasteiger partial charge in [0, 0.05) is 18.7 Å². The summed E-state index contributed by atoms with van der Waals surface area (Å²) in [5.41, 5.74) is 8.26. The summed E-state index contributed by atoms with van der Waals surface area (Å²) in [4.78, 5) is 46.6. The molecule has 0 radical (unpaired) electrons. The van der Waals surface area contributed by atoms with Crippen molar-refractivity contribution in [3.05, 3.63) is 71.2 Å². The number of pyridine rings is 1. The molecule has 0 saturated heterocycles. The number of thiophene rings is 1. The van der Waals surface area contributed by atoms with E-state index in [0.29, 0.717) is 32.5 Å². The molecule has 9 nitrogen and oxygen atoms in total. The minimum Gasteiger partial charge on any atom is -0.457 e. The molecule has 0 spiro atoms. The summed E-state index contributed by atoms with van der Waals surface area (Å²) >= 11 is 1.30. The summed E-state index contributed by atoms with van der Waals surface area (Å²) in [5, 5.41) is 6.74. The Hall–Kier alpha value is -4.28. The largest absolute Gasteiger partial charge is 0.457 e. The predicted molar refractivity (Wildman–Crippen MR) is 160 cm³/mol. The maximum absolute atomic E-state index is 13.7. The highest BCUT2D eigenvalue weighted by Gasteiger charge is 2.35. The second-order valence-corrected chi connectivity index (χ2v) is 11.5. The standard InChI is InChI=1S/C31H31N5O4S/c1-18-15-21(40-20-8-3-2-4-9-20)11-12-23(18)36-24-13-14-33-30-27(24)28(35-31(36)39)29(41-30)25(37)16-19-7-5-6-10-22(19)34-26(38)17-32/h2-4,8-9,11-15,19,22H,5-7,10,16-17,32H2,1H3,(H,34,38)(H,35,39)/t19-,22-/m0/s1. The number of ketones is 1. The minimum absolute atomic E-state index is 0.0200. The number of ether oxygens (including phenoxy) is 1. The maximum atomic E-state index is 13.7. The van der Waals surface area contributed by atoms with Crippen molar-refractivity contribution < 1.29 is 19.1 Å². The van der Waals surface area contributed by atoms with Gasteiger partial charge in [-0.05, 0) is 67.6 Å². The van der Waals surface area contributed by atoms with Gasteiger partial charge in [-0.25, -0.2) is 9.78 Å². The Morgan fingerprint density at radius 3 is 2.68 bits per heavy atom. The zero-order valence-electron chi connectivity index (χ0n) is 22.7. The Morgan fingerprint density at radius 2 is 1.90 bits per heavy atom. The third-order valence-corrected chi connectivity index (χ3v) is 8.91. The van der Waals surface area contributed by atoms with Crippen molar-refractivity contribution in [1.82, 2.24) is 10.3 Å². The number of benzene rings is 2. The Labute approximate surface area is 241 Å². The Bertz CT molecular complexity index is 1640. The van der Waals surface area contributed by atoms with Crippen molar-refractivity contribution in [3.8, 4) is 11.5 Å². The first kappa shape index (κ1) is 26.9. The first-order chi connectivity index (χ1) is 19.9. The van der Waals surface area contributed by atoms with Crippen LogP contribution in [0.2, 0.25) is 0 Å². The normalized spacial score (nSPS) is 18.2. The van der Waals surface area contributed by atoms with Gasteiger partial charge in [-0.2, -0.15) is 0 Å². The van der Waals surface area contributed by atoms with Crippen LogP contribution in [0.3, 0.4) is 0 Å². The van der Waals surface area contributed by atoms with Gasteiger partial charge in [0.2, 0.25) is 5.91 Å². The summed E-state index contributed by atoms with van der Waals surface area (Å²) in [6.07, 6.45) is 5.65. The molecule has 1 aliphatic carbocycles. The summed E-state index contributed by atoms with van der Waals surface area (Å²) in [6.45, 7) is 1.86. The lowest BCUT2D eigenvalue weighted by Gasteiger charge is -2.32. The number of Topliss-reactive ketones (excluding diaryl/α,β-unsaturated/α-hetero) is 1. The highest BCUT2D eigenvalue weighted by molar-refractivity contribution is 7.21. The predicted octanol–water partition coefficient (Wildman–Crippen LogP) is 6.29. The van der Waals surface area contributed by atoms with E-state index in [4.69, 9.17) is 10.5 Å². The first-order valence-corrected chi connectivity index (χ1v) is 14.6. The van der Waals surface area contributed by atoms with Gasteiger partial charge in [-0.3, -0.25) is 14.5 Å². The zero-order valence-corrected chi connectivity index (χ0v) is 23.5. The SMILES string of the molecule is Cc1cc(Oc2ccccc2)ccc1N1C(=O)Nc2c(C(=O)C[C@@H]3CCCC[C@@H]3NC(=O)CN)sc3nccc1c23. The van der Waals surface area contributed by atoms with Crippen LogP contribution in [0.4, 0.5) is 21.9 Å². The fourth-order valence-corrected chi connectivity index (χ4v) is 6.89. The van der Waals surface area contributed by atoms with Gasteiger partial charge >= 0.3 is 6.03 Å². The van der Waals surface area contributed by atoms with E-state index in [9.17, 15) is 14.4 Å². The van der Waals surface area contributed by atoms with Gasteiger partial charge in [0.25, 0.3) is 0 Å². The van der Waals surface area contributed by atoms with E-state index >= 15 is 0 Å². The molecule has 2 aromatic carbocycles. The molecular formula is C31H31N5O4S. The third-order valence-electron chi connectivity index (χ3n) is 7.78. The molecule has 4 N–H and O–H groups in total. The molecule has 2 atom stereocenters. The molecule has 2 aliphatic rings. The van der Waals surface area contributed by atoms with E-state index in [1.54, 1.807) is 17.2 Å². The number of hydrogen-bond acceptors (Lipinski definition) is 7. The lowest BCUT2D eigenvalue weighted by molar-refractivity contribution is -0.121. The van der Waals surface area contributed by atoms with Crippen molar-refractivity contribution in [2.24, 2.45) is 11.7 Å². The fourth-order valence-electron chi connectivity index (χ4n) is 5.83. The lowest BCUT2D eigenvalue weighted by atomic mass is 9.81. The maximum Gasteiger partial charge on any atom is 0.331 e. The van der Waals surface area contributed by atoms with Gasteiger partial charge in [-0.1, -0.05) is 31.0 Å². The second kappa shape index (κ2) is 11.3. The molecule has 6 rings (SSSR count). The van der Waals surface area contributed by atoms with Gasteiger partial charge in [0.1, 0.15) is 16.3 Å². The number of carbonyl (C=O) groups is 3. The van der Waals surface area contributed by atoms with Gasteiger partial charge < -0.3 is 21.1 Å².